The molecule has 2 rings (SSSR count). The molecule has 0 aliphatic carbocycles. The summed E-state index contributed by atoms with van der Waals surface area (Å²) in [5.74, 6) is -0.913. The molecule has 0 spiro atoms. The van der Waals surface area contributed by atoms with Crippen LogP contribution >= 0.6 is 0 Å². The van der Waals surface area contributed by atoms with Gasteiger partial charge in [-0.15, -0.1) is 0 Å². The number of nitrogens with two attached hydrogens (primary N) is 1. The van der Waals surface area contributed by atoms with Gasteiger partial charge in [0.05, 0.1) is 0 Å². The molecule has 1 heterocycles. The fourth-order valence-corrected chi connectivity index (χ4v) is 2.16. The van der Waals surface area contributed by atoms with E-state index in [1.165, 1.54) is 0 Å². The van der Waals surface area contributed by atoms with E-state index in [9.17, 15) is 15.0 Å². The zero-order valence-corrected chi connectivity index (χ0v) is 9.39. The Balaban J connectivity index is 2.35. The van der Waals surface area contributed by atoms with E-state index in [0.29, 0.717) is 5.56 Å². The minimum atomic E-state index is -1.56. The van der Waals surface area contributed by atoms with Crippen LogP contribution in [0.3, 0.4) is 0 Å². The van der Waals surface area contributed by atoms with E-state index in [-0.39, 0.29) is 0 Å². The molecular weight excluding hydrogens is 220 g/mol. The van der Waals surface area contributed by atoms with Crippen molar-refractivity contribution in [3.8, 4) is 0 Å². The quantitative estimate of drug-likeness (QED) is 0.553. The van der Waals surface area contributed by atoms with E-state index < -0.39 is 18.1 Å². The van der Waals surface area contributed by atoms with Gasteiger partial charge in [0, 0.05) is 6.54 Å². The summed E-state index contributed by atoms with van der Waals surface area (Å²) in [6, 6.07) is 5.49. The lowest BCUT2D eigenvalue weighted by molar-refractivity contribution is -0.132. The highest BCUT2D eigenvalue weighted by molar-refractivity contribution is 5.79. The Bertz CT molecular complexity index is 434. The summed E-state index contributed by atoms with van der Waals surface area (Å²) in [6.45, 7) is 1.56. The SMILES string of the molecule is NC(=O)C(O)C(O)c1cccc2c1CCNC2. The predicted octanol–water partition coefficient (Wildman–Crippen LogP) is -0.788. The molecule has 5 nitrogen and oxygen atoms in total. The van der Waals surface area contributed by atoms with Crippen LogP contribution in [0.15, 0.2) is 18.2 Å². The maximum atomic E-state index is 10.9. The van der Waals surface area contributed by atoms with Crippen molar-refractivity contribution >= 4 is 5.91 Å². The number of carbonyl (C=O) groups excluding carboxylic acids is 1. The van der Waals surface area contributed by atoms with Crippen LogP contribution in [0, 0.1) is 0 Å². The number of benzene rings is 1. The van der Waals surface area contributed by atoms with Crippen LogP contribution in [0.4, 0.5) is 0 Å². The Morgan fingerprint density at radius 3 is 2.88 bits per heavy atom. The second-order valence-corrected chi connectivity index (χ2v) is 4.20. The van der Waals surface area contributed by atoms with E-state index in [1.54, 1.807) is 12.1 Å². The number of nitrogens with one attached hydrogen (secondary N) is 1. The van der Waals surface area contributed by atoms with Crippen molar-refractivity contribution in [1.29, 1.82) is 0 Å². The maximum absolute atomic E-state index is 10.9. The van der Waals surface area contributed by atoms with Crippen LogP contribution in [-0.2, 0) is 17.8 Å². The van der Waals surface area contributed by atoms with Gasteiger partial charge in [0.2, 0.25) is 5.91 Å². The molecule has 92 valence electrons. The summed E-state index contributed by atoms with van der Waals surface area (Å²) >= 11 is 0. The second-order valence-electron chi connectivity index (χ2n) is 4.20. The lowest BCUT2D eigenvalue weighted by Gasteiger charge is -2.24. The Hall–Kier alpha value is -1.43. The van der Waals surface area contributed by atoms with E-state index in [1.807, 2.05) is 6.07 Å². The van der Waals surface area contributed by atoms with Crippen molar-refractivity contribution in [2.24, 2.45) is 5.73 Å². The van der Waals surface area contributed by atoms with E-state index in [4.69, 9.17) is 5.73 Å². The number of carbonyl (C=O) groups is 1. The van der Waals surface area contributed by atoms with Gasteiger partial charge in [-0.3, -0.25) is 4.79 Å². The topological polar surface area (TPSA) is 95.6 Å². The molecule has 1 amide bonds. The highest BCUT2D eigenvalue weighted by atomic mass is 16.3. The van der Waals surface area contributed by atoms with E-state index in [0.717, 1.165) is 30.6 Å². The van der Waals surface area contributed by atoms with Crippen molar-refractivity contribution in [2.75, 3.05) is 6.54 Å². The first-order valence-corrected chi connectivity index (χ1v) is 5.58. The fourth-order valence-electron chi connectivity index (χ4n) is 2.16. The summed E-state index contributed by atoms with van der Waals surface area (Å²) < 4.78 is 0. The molecule has 2 atom stereocenters. The number of hydrogen-bond acceptors (Lipinski definition) is 4. The van der Waals surface area contributed by atoms with Gasteiger partial charge >= 0.3 is 0 Å². The van der Waals surface area contributed by atoms with Gasteiger partial charge in [0.1, 0.15) is 6.10 Å². The molecule has 0 aromatic heterocycles. The average Bonchev–Trinajstić information content (AvgIpc) is 2.36. The minimum absolute atomic E-state index is 0.593. The minimum Gasteiger partial charge on any atom is -0.385 e. The zero-order chi connectivity index (χ0) is 12.4. The van der Waals surface area contributed by atoms with Gasteiger partial charge in [0.15, 0.2) is 6.10 Å². The van der Waals surface area contributed by atoms with Crippen molar-refractivity contribution in [2.45, 2.75) is 25.2 Å². The van der Waals surface area contributed by atoms with Gasteiger partial charge in [-0.05, 0) is 29.7 Å². The Morgan fingerprint density at radius 1 is 1.41 bits per heavy atom. The molecule has 5 N–H and O–H groups in total. The molecule has 0 saturated heterocycles. The number of fused-ring (bicyclic) bond motifs is 1. The monoisotopic (exact) mass is 236 g/mol. The van der Waals surface area contributed by atoms with Gasteiger partial charge in [-0.25, -0.2) is 0 Å². The molecule has 1 aliphatic rings. The van der Waals surface area contributed by atoms with Gasteiger partial charge in [-0.1, -0.05) is 18.2 Å². The Labute approximate surface area is 99.3 Å². The van der Waals surface area contributed by atoms with Crippen LogP contribution in [0.5, 0.6) is 0 Å². The van der Waals surface area contributed by atoms with E-state index in [2.05, 4.69) is 5.32 Å². The number of rotatable bonds is 3. The third-order valence-corrected chi connectivity index (χ3v) is 3.09. The predicted molar refractivity (Wildman–Crippen MR) is 62.0 cm³/mol. The Morgan fingerprint density at radius 2 is 2.18 bits per heavy atom. The molecular formula is C12H16N2O3. The van der Waals surface area contributed by atoms with Crippen molar-refractivity contribution in [1.82, 2.24) is 5.32 Å². The molecule has 1 aromatic carbocycles. The molecule has 0 saturated carbocycles. The molecule has 1 aliphatic heterocycles. The third-order valence-electron chi connectivity index (χ3n) is 3.09. The first-order chi connectivity index (χ1) is 8.11. The van der Waals surface area contributed by atoms with Gasteiger partial charge < -0.3 is 21.3 Å². The van der Waals surface area contributed by atoms with Crippen LogP contribution < -0.4 is 11.1 Å². The standard InChI is InChI=1S/C12H16N2O3/c13-12(17)11(16)10(15)9-3-1-2-7-6-14-5-4-8(7)9/h1-3,10-11,14-16H,4-6H2,(H2,13,17). The molecule has 17 heavy (non-hydrogen) atoms. The lowest BCUT2D eigenvalue weighted by atomic mass is 9.90. The number of hydrogen-bond donors (Lipinski definition) is 4. The first kappa shape index (κ1) is 12.0. The highest BCUT2D eigenvalue weighted by Gasteiger charge is 2.26. The Kier molecular flexibility index (Phi) is 3.42. The van der Waals surface area contributed by atoms with Crippen LogP contribution in [0.1, 0.15) is 22.8 Å². The summed E-state index contributed by atoms with van der Waals surface area (Å²) in [5.41, 5.74) is 7.67. The summed E-state index contributed by atoms with van der Waals surface area (Å²) in [4.78, 5) is 10.9. The van der Waals surface area contributed by atoms with Crippen molar-refractivity contribution in [3.05, 3.63) is 34.9 Å². The van der Waals surface area contributed by atoms with Crippen LogP contribution in [0.2, 0.25) is 0 Å². The van der Waals surface area contributed by atoms with Crippen molar-refractivity contribution < 1.29 is 15.0 Å². The number of aliphatic hydroxyl groups excluding tert-OH is 2. The molecule has 0 radical (unpaired) electrons. The largest absolute Gasteiger partial charge is 0.385 e. The normalized spacial score (nSPS) is 18.2. The number of aliphatic hydroxyl groups is 2. The molecule has 1 aromatic rings. The van der Waals surface area contributed by atoms with E-state index >= 15 is 0 Å². The average molecular weight is 236 g/mol. The first-order valence-electron chi connectivity index (χ1n) is 5.58. The smallest absolute Gasteiger partial charge is 0.249 e. The fraction of sp³-hybridized carbons (Fsp3) is 0.417. The number of primary amides is 1. The molecule has 0 bridgehead atoms. The number of amides is 1. The third kappa shape index (κ3) is 2.31. The zero-order valence-electron chi connectivity index (χ0n) is 9.39. The maximum Gasteiger partial charge on any atom is 0.249 e. The van der Waals surface area contributed by atoms with Crippen molar-refractivity contribution in [3.63, 3.8) is 0 Å². The van der Waals surface area contributed by atoms with Gasteiger partial charge in [0.25, 0.3) is 0 Å². The molecule has 5 heteroatoms. The van der Waals surface area contributed by atoms with Crippen LogP contribution in [-0.4, -0.2) is 28.8 Å². The van der Waals surface area contributed by atoms with Crippen LogP contribution in [0.25, 0.3) is 0 Å². The summed E-state index contributed by atoms with van der Waals surface area (Å²) in [7, 11) is 0. The molecule has 0 fully saturated rings. The summed E-state index contributed by atoms with van der Waals surface area (Å²) in [5, 5.41) is 22.7. The second kappa shape index (κ2) is 4.83. The highest BCUT2D eigenvalue weighted by Crippen LogP contribution is 2.26. The van der Waals surface area contributed by atoms with Gasteiger partial charge in [-0.2, -0.15) is 0 Å². The lowest BCUT2D eigenvalue weighted by Crippen LogP contribution is -2.35. The molecule has 2 unspecified atom stereocenters. The summed E-state index contributed by atoms with van der Waals surface area (Å²) in [6.07, 6.45) is -2.04.